The van der Waals surface area contributed by atoms with E-state index in [1.807, 2.05) is 6.07 Å². The average Bonchev–Trinajstić information content (AvgIpc) is 3.01. The fraction of sp³-hybridized carbons (Fsp3) is 0.364. The molecule has 0 spiro atoms. The Bertz CT molecular complexity index is 342. The number of benzene rings is 1. The van der Waals surface area contributed by atoms with Gasteiger partial charge in [-0.1, -0.05) is 6.07 Å². The first-order chi connectivity index (χ1) is 6.79. The summed E-state index contributed by atoms with van der Waals surface area (Å²) in [6.07, 6.45) is 1.92. The van der Waals surface area contributed by atoms with E-state index >= 15 is 0 Å². The Hall–Kier alpha value is -1.51. The van der Waals surface area contributed by atoms with Crippen molar-refractivity contribution in [3.63, 3.8) is 0 Å². The zero-order valence-corrected chi connectivity index (χ0v) is 8.03. The Kier molecular flexibility index (Phi) is 2.39. The molecule has 0 bridgehead atoms. The van der Waals surface area contributed by atoms with Crippen molar-refractivity contribution in [1.82, 2.24) is 0 Å². The van der Waals surface area contributed by atoms with Crippen molar-refractivity contribution in [2.45, 2.75) is 12.8 Å². The summed E-state index contributed by atoms with van der Waals surface area (Å²) in [5.41, 5.74) is 0. The number of carbonyl (C=O) groups is 1. The second-order valence-electron chi connectivity index (χ2n) is 3.37. The third kappa shape index (κ3) is 2.05. The van der Waals surface area contributed by atoms with Gasteiger partial charge >= 0.3 is 5.97 Å². The molecule has 0 N–H and O–H groups in total. The SMILES string of the molecule is COc1cccc(OC(=O)C2CC2)c1. The van der Waals surface area contributed by atoms with Gasteiger partial charge in [-0.3, -0.25) is 4.79 Å². The molecule has 0 radical (unpaired) electrons. The van der Waals surface area contributed by atoms with Crippen molar-refractivity contribution in [3.05, 3.63) is 24.3 Å². The number of hydrogen-bond donors (Lipinski definition) is 0. The molecular formula is C11H12O3. The van der Waals surface area contributed by atoms with E-state index in [4.69, 9.17) is 9.47 Å². The highest BCUT2D eigenvalue weighted by Gasteiger charge is 2.31. The second kappa shape index (κ2) is 3.70. The predicted molar refractivity (Wildman–Crippen MR) is 51.4 cm³/mol. The minimum Gasteiger partial charge on any atom is -0.497 e. The minimum atomic E-state index is -0.127. The lowest BCUT2D eigenvalue weighted by Gasteiger charge is -2.04. The third-order valence-electron chi connectivity index (χ3n) is 2.17. The number of hydrogen-bond acceptors (Lipinski definition) is 3. The van der Waals surface area contributed by atoms with E-state index in [0.717, 1.165) is 12.8 Å². The average molecular weight is 192 g/mol. The van der Waals surface area contributed by atoms with Crippen LogP contribution in [0.1, 0.15) is 12.8 Å². The molecule has 0 heterocycles. The molecule has 0 aromatic heterocycles. The van der Waals surface area contributed by atoms with Crippen LogP contribution in [0.2, 0.25) is 0 Å². The summed E-state index contributed by atoms with van der Waals surface area (Å²) in [7, 11) is 1.59. The van der Waals surface area contributed by atoms with Gasteiger partial charge in [0.25, 0.3) is 0 Å². The molecule has 3 nitrogen and oxygen atoms in total. The molecule has 0 atom stereocenters. The van der Waals surface area contributed by atoms with E-state index in [9.17, 15) is 4.79 Å². The van der Waals surface area contributed by atoms with Crippen molar-refractivity contribution < 1.29 is 14.3 Å². The first-order valence-electron chi connectivity index (χ1n) is 4.65. The van der Waals surface area contributed by atoms with Crippen LogP contribution in [0.5, 0.6) is 11.5 Å². The fourth-order valence-electron chi connectivity index (χ4n) is 1.18. The number of ether oxygens (including phenoxy) is 2. The van der Waals surface area contributed by atoms with Crippen molar-refractivity contribution in [2.75, 3.05) is 7.11 Å². The maximum Gasteiger partial charge on any atom is 0.314 e. The zero-order chi connectivity index (χ0) is 9.97. The first-order valence-corrected chi connectivity index (χ1v) is 4.65. The van der Waals surface area contributed by atoms with Crippen LogP contribution in [0, 0.1) is 5.92 Å². The molecule has 0 unspecified atom stereocenters. The van der Waals surface area contributed by atoms with Crippen molar-refractivity contribution in [1.29, 1.82) is 0 Å². The van der Waals surface area contributed by atoms with E-state index in [2.05, 4.69) is 0 Å². The topological polar surface area (TPSA) is 35.5 Å². The largest absolute Gasteiger partial charge is 0.497 e. The number of esters is 1. The van der Waals surface area contributed by atoms with Crippen LogP contribution < -0.4 is 9.47 Å². The summed E-state index contributed by atoms with van der Waals surface area (Å²) in [6.45, 7) is 0. The molecule has 0 aliphatic heterocycles. The molecule has 0 saturated heterocycles. The maximum absolute atomic E-state index is 11.3. The lowest BCUT2D eigenvalue weighted by atomic mass is 10.3. The van der Waals surface area contributed by atoms with Gasteiger partial charge in [0.2, 0.25) is 0 Å². The van der Waals surface area contributed by atoms with Gasteiger partial charge in [0, 0.05) is 6.07 Å². The summed E-state index contributed by atoms with van der Waals surface area (Å²) < 4.78 is 10.2. The molecular weight excluding hydrogens is 180 g/mol. The van der Waals surface area contributed by atoms with Gasteiger partial charge in [0.05, 0.1) is 13.0 Å². The normalized spacial score (nSPS) is 14.9. The monoisotopic (exact) mass is 192 g/mol. The Morgan fingerprint density at radius 3 is 2.71 bits per heavy atom. The molecule has 1 aliphatic carbocycles. The molecule has 1 aromatic rings. The van der Waals surface area contributed by atoms with Gasteiger partial charge in [-0.25, -0.2) is 0 Å². The number of carbonyl (C=O) groups excluding carboxylic acids is 1. The molecule has 1 aromatic carbocycles. The van der Waals surface area contributed by atoms with E-state index in [1.165, 1.54) is 0 Å². The summed E-state index contributed by atoms with van der Waals surface area (Å²) in [4.78, 5) is 11.3. The molecule has 2 rings (SSSR count). The molecule has 1 aliphatic rings. The molecule has 1 saturated carbocycles. The Morgan fingerprint density at radius 1 is 1.36 bits per heavy atom. The number of methoxy groups -OCH3 is 1. The first kappa shape index (κ1) is 9.06. The summed E-state index contributed by atoms with van der Waals surface area (Å²) in [5.74, 6) is 1.26. The van der Waals surface area contributed by atoms with Crippen LogP contribution in [0.4, 0.5) is 0 Å². The van der Waals surface area contributed by atoms with Crippen LogP contribution in [0.3, 0.4) is 0 Å². The highest BCUT2D eigenvalue weighted by Crippen LogP contribution is 2.31. The number of rotatable bonds is 3. The van der Waals surface area contributed by atoms with Gasteiger partial charge in [-0.2, -0.15) is 0 Å². The van der Waals surface area contributed by atoms with E-state index in [0.29, 0.717) is 11.5 Å². The molecule has 1 fully saturated rings. The Morgan fingerprint density at radius 2 is 2.07 bits per heavy atom. The van der Waals surface area contributed by atoms with E-state index in [-0.39, 0.29) is 11.9 Å². The van der Waals surface area contributed by atoms with Crippen LogP contribution >= 0.6 is 0 Å². The van der Waals surface area contributed by atoms with Crippen LogP contribution in [0.25, 0.3) is 0 Å². The molecule has 0 amide bonds. The molecule has 74 valence electrons. The second-order valence-corrected chi connectivity index (χ2v) is 3.37. The summed E-state index contributed by atoms with van der Waals surface area (Å²) >= 11 is 0. The van der Waals surface area contributed by atoms with Crippen LogP contribution in [-0.4, -0.2) is 13.1 Å². The Labute approximate surface area is 82.6 Å². The predicted octanol–water partition coefficient (Wildman–Crippen LogP) is 2.01. The Balaban J connectivity index is 2.04. The highest BCUT2D eigenvalue weighted by molar-refractivity contribution is 5.77. The van der Waals surface area contributed by atoms with Crippen LogP contribution in [0.15, 0.2) is 24.3 Å². The highest BCUT2D eigenvalue weighted by atomic mass is 16.5. The maximum atomic E-state index is 11.3. The summed E-state index contributed by atoms with van der Waals surface area (Å²) in [6, 6.07) is 7.08. The zero-order valence-electron chi connectivity index (χ0n) is 8.03. The van der Waals surface area contributed by atoms with E-state index in [1.54, 1.807) is 25.3 Å². The van der Waals surface area contributed by atoms with Crippen molar-refractivity contribution >= 4 is 5.97 Å². The van der Waals surface area contributed by atoms with Gasteiger partial charge < -0.3 is 9.47 Å². The molecule has 14 heavy (non-hydrogen) atoms. The van der Waals surface area contributed by atoms with E-state index < -0.39 is 0 Å². The quantitative estimate of drug-likeness (QED) is 0.543. The van der Waals surface area contributed by atoms with Crippen molar-refractivity contribution in [3.8, 4) is 11.5 Å². The van der Waals surface area contributed by atoms with Gasteiger partial charge in [-0.05, 0) is 25.0 Å². The standard InChI is InChI=1S/C11H12O3/c1-13-9-3-2-4-10(7-9)14-11(12)8-5-6-8/h2-4,7-8H,5-6H2,1H3. The smallest absolute Gasteiger partial charge is 0.314 e. The third-order valence-corrected chi connectivity index (χ3v) is 2.17. The van der Waals surface area contributed by atoms with Gasteiger partial charge in [-0.15, -0.1) is 0 Å². The fourth-order valence-corrected chi connectivity index (χ4v) is 1.18. The molecule has 3 heteroatoms. The van der Waals surface area contributed by atoms with Gasteiger partial charge in [0.1, 0.15) is 11.5 Å². The lowest BCUT2D eigenvalue weighted by Crippen LogP contribution is -2.09. The van der Waals surface area contributed by atoms with Gasteiger partial charge in [0.15, 0.2) is 0 Å². The van der Waals surface area contributed by atoms with Crippen molar-refractivity contribution in [2.24, 2.45) is 5.92 Å². The lowest BCUT2D eigenvalue weighted by molar-refractivity contribution is -0.135. The minimum absolute atomic E-state index is 0.126. The van der Waals surface area contributed by atoms with Crippen LogP contribution in [-0.2, 0) is 4.79 Å². The summed E-state index contributed by atoms with van der Waals surface area (Å²) in [5, 5.41) is 0.